The van der Waals surface area contributed by atoms with E-state index in [2.05, 4.69) is 12.2 Å². The third-order valence-electron chi connectivity index (χ3n) is 2.41. The van der Waals surface area contributed by atoms with Crippen LogP contribution in [0.15, 0.2) is 0 Å². The van der Waals surface area contributed by atoms with Crippen LogP contribution in [0.25, 0.3) is 0 Å². The Morgan fingerprint density at radius 1 is 0.833 bits per heavy atom. The maximum absolute atomic E-state index is 3.51. The first-order valence-corrected chi connectivity index (χ1v) is 5.60. The van der Waals surface area contributed by atoms with Gasteiger partial charge in [0, 0.05) is 12.1 Å². The fourth-order valence-corrected chi connectivity index (χ4v) is 2.05. The highest BCUT2D eigenvalue weighted by Gasteiger charge is 2.35. The van der Waals surface area contributed by atoms with Gasteiger partial charge in [0.25, 0.3) is 0 Å². The fourth-order valence-electron chi connectivity index (χ4n) is 2.05. The zero-order valence-electron chi connectivity index (χ0n) is 9.35. The van der Waals surface area contributed by atoms with Crippen molar-refractivity contribution in [1.29, 1.82) is 0 Å². The second-order valence-electron chi connectivity index (χ2n) is 3.37. The lowest BCUT2D eigenvalue weighted by atomic mass is 9.77. The summed E-state index contributed by atoms with van der Waals surface area (Å²) in [6.07, 6.45) is 4.32. The molecule has 2 atom stereocenters. The van der Waals surface area contributed by atoms with Crippen molar-refractivity contribution in [3.8, 4) is 0 Å². The molecule has 2 saturated heterocycles. The van der Waals surface area contributed by atoms with Crippen molar-refractivity contribution in [2.24, 2.45) is 5.92 Å². The molecule has 1 heteroatoms. The molecule has 74 valence electrons. The van der Waals surface area contributed by atoms with Crippen LogP contribution in [0.5, 0.6) is 0 Å². The first-order chi connectivity index (χ1) is 5.84. The zero-order chi connectivity index (χ0) is 9.56. The Morgan fingerprint density at radius 3 is 1.33 bits per heavy atom. The lowest BCUT2D eigenvalue weighted by molar-refractivity contribution is 0.137. The van der Waals surface area contributed by atoms with Crippen molar-refractivity contribution in [3.63, 3.8) is 0 Å². The molecule has 1 aliphatic carbocycles. The molecule has 2 bridgehead atoms. The van der Waals surface area contributed by atoms with Gasteiger partial charge < -0.3 is 5.32 Å². The van der Waals surface area contributed by atoms with E-state index in [1.807, 2.05) is 27.7 Å². The van der Waals surface area contributed by atoms with E-state index in [0.29, 0.717) is 0 Å². The average molecular weight is 171 g/mol. The van der Waals surface area contributed by atoms with Crippen molar-refractivity contribution < 1.29 is 0 Å². The molecule has 3 fully saturated rings. The molecular formula is C11H25N. The predicted octanol–water partition coefficient (Wildman–Crippen LogP) is 3.20. The fraction of sp³-hybridized carbons (Fsp3) is 1.00. The van der Waals surface area contributed by atoms with Gasteiger partial charge in [-0.2, -0.15) is 0 Å². The predicted molar refractivity (Wildman–Crippen MR) is 56.4 cm³/mol. The van der Waals surface area contributed by atoms with E-state index in [0.717, 1.165) is 18.0 Å². The summed E-state index contributed by atoms with van der Waals surface area (Å²) in [5.74, 6) is 1.000. The van der Waals surface area contributed by atoms with Crippen LogP contribution in [0.1, 0.15) is 53.9 Å². The summed E-state index contributed by atoms with van der Waals surface area (Å²) in [7, 11) is 0. The normalized spacial score (nSPS) is 36.2. The Hall–Kier alpha value is -0.0400. The molecule has 1 N–H and O–H groups in total. The first-order valence-electron chi connectivity index (χ1n) is 5.60. The molecule has 0 aromatic rings. The molecule has 3 aliphatic rings. The molecule has 0 spiro atoms. The van der Waals surface area contributed by atoms with Crippen molar-refractivity contribution in [3.05, 3.63) is 0 Å². The van der Waals surface area contributed by atoms with Crippen molar-refractivity contribution >= 4 is 0 Å². The number of hydrogen-bond donors (Lipinski definition) is 1. The minimum Gasteiger partial charge on any atom is -0.311 e. The van der Waals surface area contributed by atoms with Gasteiger partial charge in [0.15, 0.2) is 0 Å². The molecule has 2 heterocycles. The van der Waals surface area contributed by atoms with Crippen LogP contribution in [-0.2, 0) is 0 Å². The summed E-state index contributed by atoms with van der Waals surface area (Å²) in [5.41, 5.74) is 0. The van der Waals surface area contributed by atoms with E-state index in [-0.39, 0.29) is 0 Å². The third kappa shape index (κ3) is 3.14. The molecule has 0 amide bonds. The molecule has 0 aromatic heterocycles. The van der Waals surface area contributed by atoms with Crippen molar-refractivity contribution in [1.82, 2.24) is 5.32 Å². The molecule has 0 radical (unpaired) electrons. The highest BCUT2D eigenvalue weighted by atomic mass is 15.0. The van der Waals surface area contributed by atoms with E-state index < -0.39 is 0 Å². The summed E-state index contributed by atoms with van der Waals surface area (Å²) >= 11 is 0. The van der Waals surface area contributed by atoms with Crippen LogP contribution in [-0.4, -0.2) is 12.1 Å². The van der Waals surface area contributed by atoms with E-state index in [1.165, 1.54) is 19.3 Å². The maximum atomic E-state index is 3.51. The SMILES string of the molecule is CC.CC.CC1CC2CC(C1)N2. The third-order valence-corrected chi connectivity index (χ3v) is 2.41. The monoisotopic (exact) mass is 171 g/mol. The Balaban J connectivity index is 0.000000269. The van der Waals surface area contributed by atoms with Crippen molar-refractivity contribution in [2.75, 3.05) is 0 Å². The van der Waals surface area contributed by atoms with E-state index in [4.69, 9.17) is 0 Å². The molecule has 3 rings (SSSR count). The number of fused-ring (bicyclic) bond motifs is 2. The van der Waals surface area contributed by atoms with E-state index in [1.54, 1.807) is 0 Å². The van der Waals surface area contributed by atoms with Gasteiger partial charge in [0.1, 0.15) is 0 Å². The molecule has 0 aromatic carbocycles. The van der Waals surface area contributed by atoms with Crippen LogP contribution in [0.4, 0.5) is 0 Å². The lowest BCUT2D eigenvalue weighted by Crippen LogP contribution is -2.57. The summed E-state index contributed by atoms with van der Waals surface area (Å²) in [6, 6.07) is 1.81. The molecule has 2 unspecified atom stereocenters. The van der Waals surface area contributed by atoms with Gasteiger partial charge in [0.05, 0.1) is 0 Å². The highest BCUT2D eigenvalue weighted by molar-refractivity contribution is 4.95. The summed E-state index contributed by atoms with van der Waals surface area (Å²) in [5, 5.41) is 3.51. The number of piperidine rings is 1. The van der Waals surface area contributed by atoms with Gasteiger partial charge in [-0.05, 0) is 25.2 Å². The zero-order valence-corrected chi connectivity index (χ0v) is 9.35. The lowest BCUT2D eigenvalue weighted by Gasteiger charge is -2.45. The molecule has 1 saturated carbocycles. The second kappa shape index (κ2) is 6.47. The van der Waals surface area contributed by atoms with Crippen molar-refractivity contribution in [2.45, 2.75) is 66.0 Å². The van der Waals surface area contributed by atoms with E-state index in [9.17, 15) is 0 Å². The van der Waals surface area contributed by atoms with Crippen LogP contribution in [0.3, 0.4) is 0 Å². The standard InChI is InChI=1S/C7H13N.2C2H6/c1-5-2-6-4-7(3-5)8-6;2*1-2/h5-8H,2-4H2,1H3;2*1-2H3. The average Bonchev–Trinajstić information content (AvgIpc) is 2.10. The molecule has 1 nitrogen and oxygen atoms in total. The minimum absolute atomic E-state index is 0.906. The van der Waals surface area contributed by atoms with Gasteiger partial charge in [-0.25, -0.2) is 0 Å². The number of rotatable bonds is 0. The van der Waals surface area contributed by atoms with Gasteiger partial charge in [-0.15, -0.1) is 0 Å². The quantitative estimate of drug-likeness (QED) is 0.590. The van der Waals surface area contributed by atoms with E-state index >= 15 is 0 Å². The highest BCUT2D eigenvalue weighted by Crippen LogP contribution is 2.31. The van der Waals surface area contributed by atoms with Gasteiger partial charge >= 0.3 is 0 Å². The molecule has 12 heavy (non-hydrogen) atoms. The summed E-state index contributed by atoms with van der Waals surface area (Å²) < 4.78 is 0. The molecular weight excluding hydrogens is 146 g/mol. The van der Waals surface area contributed by atoms with Crippen LogP contribution >= 0.6 is 0 Å². The Kier molecular flexibility index (Phi) is 6.45. The minimum atomic E-state index is 0.906. The van der Waals surface area contributed by atoms with Crippen LogP contribution in [0, 0.1) is 5.92 Å². The Labute approximate surface area is 77.9 Å². The van der Waals surface area contributed by atoms with Gasteiger partial charge in [-0.1, -0.05) is 34.6 Å². The van der Waals surface area contributed by atoms with Gasteiger partial charge in [0.2, 0.25) is 0 Å². The summed E-state index contributed by atoms with van der Waals surface area (Å²) in [4.78, 5) is 0. The summed E-state index contributed by atoms with van der Waals surface area (Å²) in [6.45, 7) is 10.4. The topological polar surface area (TPSA) is 12.0 Å². The molecule has 2 aliphatic heterocycles. The van der Waals surface area contributed by atoms with Gasteiger partial charge in [-0.3, -0.25) is 0 Å². The largest absolute Gasteiger partial charge is 0.311 e. The maximum Gasteiger partial charge on any atom is 0.00870 e. The van der Waals surface area contributed by atoms with Crippen LogP contribution < -0.4 is 5.32 Å². The second-order valence-corrected chi connectivity index (χ2v) is 3.37. The number of nitrogens with one attached hydrogen (secondary N) is 1. The smallest absolute Gasteiger partial charge is 0.00870 e. The Morgan fingerprint density at radius 2 is 1.17 bits per heavy atom. The Bertz CT molecular complexity index is 85.2. The van der Waals surface area contributed by atoms with Crippen LogP contribution in [0.2, 0.25) is 0 Å². The first kappa shape index (κ1) is 12.0. The number of hydrogen-bond acceptors (Lipinski definition) is 1.